The van der Waals surface area contributed by atoms with Gasteiger partial charge in [0.05, 0.1) is 36.9 Å². The van der Waals surface area contributed by atoms with Crippen LogP contribution in [0.2, 0.25) is 0 Å². The Bertz CT molecular complexity index is 3600. The summed E-state index contributed by atoms with van der Waals surface area (Å²) < 4.78 is 30.6. The third-order valence-corrected chi connectivity index (χ3v) is 12.6. The summed E-state index contributed by atoms with van der Waals surface area (Å²) in [4.78, 5) is 42.5. The molecular weight excluding hydrogens is 981 g/mol. The largest absolute Gasteiger partial charge is 0.497 e. The topological polar surface area (TPSA) is 274 Å². The van der Waals surface area contributed by atoms with E-state index in [1.54, 1.807) is 86.2 Å². The predicted octanol–water partition coefficient (Wildman–Crippen LogP) is 9.25. The van der Waals surface area contributed by atoms with E-state index in [1.165, 1.54) is 24.5 Å². The second kappa shape index (κ2) is 23.9. The molecule has 2 fully saturated rings. The van der Waals surface area contributed by atoms with E-state index in [1.807, 2.05) is 47.2 Å². The van der Waals surface area contributed by atoms with Gasteiger partial charge < -0.3 is 45.0 Å². The number of hydrogen-bond donors (Lipinski definition) is 5. The van der Waals surface area contributed by atoms with E-state index >= 15 is 0 Å². The fourth-order valence-corrected chi connectivity index (χ4v) is 8.57. The summed E-state index contributed by atoms with van der Waals surface area (Å²) in [5, 5.41) is 44.3. The summed E-state index contributed by atoms with van der Waals surface area (Å²) in [7, 11) is 1.65. The van der Waals surface area contributed by atoms with Gasteiger partial charge in [-0.25, -0.2) is 24.6 Å². The van der Waals surface area contributed by atoms with Crippen molar-refractivity contribution in [2.45, 2.75) is 44.3 Å². The molecular formula is C56H50N14O7. The van der Waals surface area contributed by atoms with Crippen LogP contribution >= 0.6 is 0 Å². The molecule has 21 nitrogen and oxygen atoms in total. The van der Waals surface area contributed by atoms with Crippen LogP contribution < -0.4 is 35.5 Å². The van der Waals surface area contributed by atoms with Gasteiger partial charge in [-0.3, -0.25) is 14.7 Å². The first-order chi connectivity index (χ1) is 37.8. The molecule has 6 aromatic heterocycles. The highest BCUT2D eigenvalue weighted by atomic mass is 16.5. The fraction of sp³-hybridized carbons (Fsp3) is 0.214. The van der Waals surface area contributed by atoms with E-state index in [2.05, 4.69) is 51.4 Å². The zero-order valence-corrected chi connectivity index (χ0v) is 41.6. The number of carbonyl (C=O) groups excluding carboxylic acids is 2. The molecule has 2 aliphatic rings. The Morgan fingerprint density at radius 3 is 1.65 bits per heavy atom. The molecule has 2 saturated heterocycles. The summed E-state index contributed by atoms with van der Waals surface area (Å²) >= 11 is 0. The molecule has 386 valence electrons. The van der Waals surface area contributed by atoms with Crippen LogP contribution in [0, 0.1) is 22.7 Å². The van der Waals surface area contributed by atoms with Crippen LogP contribution in [0.4, 0.5) is 23.3 Å². The first-order valence-electron chi connectivity index (χ1n) is 24.7. The minimum Gasteiger partial charge on any atom is -0.497 e. The molecule has 2 aliphatic heterocycles. The Kier molecular flexibility index (Phi) is 15.7. The Morgan fingerprint density at radius 2 is 1.12 bits per heavy atom. The van der Waals surface area contributed by atoms with Crippen molar-refractivity contribution >= 4 is 57.2 Å². The van der Waals surface area contributed by atoms with Gasteiger partial charge >= 0.3 is 0 Å². The minimum absolute atomic E-state index is 0.218. The molecule has 0 unspecified atom stereocenters. The highest BCUT2D eigenvalue weighted by Gasteiger charge is 2.23. The normalized spacial score (nSPS) is 13.5. The number of nitrogens with zero attached hydrogens (tertiary/aromatic N) is 9. The zero-order valence-electron chi connectivity index (χ0n) is 41.6. The van der Waals surface area contributed by atoms with E-state index < -0.39 is 0 Å². The maximum Gasteiger partial charge on any atom is 0.256 e. The molecule has 0 bridgehead atoms. The SMILES string of the molecule is COc1ccc(Cn2nc(NC3CCOCC3)c3c(Oc4ccc(C(=O)Nc5cc(C#N)ccn5)cc4)ccnc32)cc1.N#Cc1ccnc(NC(=O)c2ccc(Oc3ccnc4[nH]nc(NC5CCOCC5)c34)cc2)c1. The molecule has 3 aromatic carbocycles. The Labute approximate surface area is 441 Å². The molecule has 11 rings (SSSR count). The molecule has 0 spiro atoms. The van der Waals surface area contributed by atoms with Crippen LogP contribution in [0.5, 0.6) is 28.7 Å². The number of rotatable bonds is 15. The molecule has 0 saturated carbocycles. The number of ether oxygens (including phenoxy) is 5. The average Bonchev–Trinajstić information content (AvgIpc) is 4.10. The number of nitrogens with one attached hydrogen (secondary N) is 5. The fourth-order valence-electron chi connectivity index (χ4n) is 8.57. The number of H-pyrrole nitrogens is 1. The van der Waals surface area contributed by atoms with E-state index in [0.717, 1.165) is 61.0 Å². The van der Waals surface area contributed by atoms with Gasteiger partial charge in [0.15, 0.2) is 22.9 Å². The Balaban J connectivity index is 0.000000179. The van der Waals surface area contributed by atoms with Crippen LogP contribution in [0.15, 0.2) is 134 Å². The molecule has 8 heterocycles. The van der Waals surface area contributed by atoms with Crippen LogP contribution in [0.1, 0.15) is 63.1 Å². The van der Waals surface area contributed by atoms with Gasteiger partial charge in [-0.15, -0.1) is 0 Å². The molecule has 77 heavy (non-hydrogen) atoms. The first kappa shape index (κ1) is 50.6. The van der Waals surface area contributed by atoms with E-state index in [4.69, 9.17) is 39.3 Å². The molecule has 0 atom stereocenters. The molecule has 21 heteroatoms. The number of carbonyl (C=O) groups is 2. The summed E-state index contributed by atoms with van der Waals surface area (Å²) in [6.45, 7) is 3.36. The highest BCUT2D eigenvalue weighted by molar-refractivity contribution is 6.04. The maximum atomic E-state index is 12.8. The van der Waals surface area contributed by atoms with E-state index in [9.17, 15) is 9.59 Å². The van der Waals surface area contributed by atoms with Crippen molar-refractivity contribution in [2.24, 2.45) is 0 Å². The lowest BCUT2D eigenvalue weighted by molar-refractivity contribution is 0.0903. The predicted molar refractivity (Wildman–Crippen MR) is 285 cm³/mol. The van der Waals surface area contributed by atoms with Gasteiger partial charge in [0, 0.05) is 86.6 Å². The molecule has 5 N–H and O–H groups in total. The van der Waals surface area contributed by atoms with Gasteiger partial charge in [0.1, 0.15) is 51.2 Å². The monoisotopic (exact) mass is 1030 g/mol. The van der Waals surface area contributed by atoms with Crippen molar-refractivity contribution in [1.82, 2.24) is 39.9 Å². The summed E-state index contributed by atoms with van der Waals surface area (Å²) in [5.74, 6) is 4.42. The second-order valence-corrected chi connectivity index (χ2v) is 17.8. The van der Waals surface area contributed by atoms with Crippen molar-refractivity contribution in [3.8, 4) is 40.9 Å². The van der Waals surface area contributed by atoms with Gasteiger partial charge in [0.25, 0.3) is 11.8 Å². The number of aromatic amines is 1. The van der Waals surface area contributed by atoms with Gasteiger partial charge in [0.2, 0.25) is 0 Å². The summed E-state index contributed by atoms with van der Waals surface area (Å²) in [6, 6.07) is 35.7. The standard InChI is InChI=1S/C32H29N7O4.C24H21N7O3/c1-41-25-6-2-21(3-7-25)20-39-31-29(30(38-39)36-24-12-16-42-17-13-24)27(11-15-35-31)43-26-8-4-23(5-9-26)32(40)37-28-18-22(19-33)10-14-34-28;25-14-15-5-9-26-20(13-15)29-24(32)16-1-3-18(4-2-16)34-19-6-10-27-22-21(19)23(31-30-22)28-17-7-11-33-12-8-17/h2-11,14-15,18,24H,12-13,16-17,20H2,1H3,(H,36,38)(H,34,37,40);1-6,9-10,13,17H,7-8,11-12H2,(H,26,29,32)(H2,27,28,30,31). The highest BCUT2D eigenvalue weighted by Crippen LogP contribution is 2.37. The molecule has 9 aromatic rings. The number of amides is 2. The average molecular weight is 1030 g/mol. The second-order valence-electron chi connectivity index (χ2n) is 17.8. The van der Waals surface area contributed by atoms with Crippen LogP contribution in [0.25, 0.3) is 22.1 Å². The number of pyridine rings is 4. The van der Waals surface area contributed by atoms with Crippen LogP contribution in [-0.2, 0) is 16.0 Å². The molecule has 2 amide bonds. The van der Waals surface area contributed by atoms with E-state index in [0.29, 0.717) is 99.6 Å². The van der Waals surface area contributed by atoms with Crippen molar-refractivity contribution in [2.75, 3.05) is 54.8 Å². The smallest absolute Gasteiger partial charge is 0.256 e. The summed E-state index contributed by atoms with van der Waals surface area (Å²) in [6.07, 6.45) is 9.87. The number of hydrogen-bond acceptors (Lipinski definition) is 17. The lowest BCUT2D eigenvalue weighted by Crippen LogP contribution is -2.28. The molecule has 0 radical (unpaired) electrons. The number of methoxy groups -OCH3 is 1. The number of aromatic nitrogens is 8. The zero-order chi connectivity index (χ0) is 52.9. The summed E-state index contributed by atoms with van der Waals surface area (Å²) in [5.41, 5.74) is 4.05. The number of benzene rings is 3. The Morgan fingerprint density at radius 1 is 0.623 bits per heavy atom. The third-order valence-electron chi connectivity index (χ3n) is 12.6. The first-order valence-corrected chi connectivity index (χ1v) is 24.7. The minimum atomic E-state index is -0.344. The number of fused-ring (bicyclic) bond motifs is 2. The van der Waals surface area contributed by atoms with Crippen molar-refractivity contribution in [3.05, 3.63) is 162 Å². The quantitative estimate of drug-likeness (QED) is 0.0640. The van der Waals surface area contributed by atoms with Crippen LogP contribution in [-0.4, -0.2) is 97.3 Å². The third kappa shape index (κ3) is 12.5. The van der Waals surface area contributed by atoms with Crippen molar-refractivity contribution in [3.63, 3.8) is 0 Å². The number of anilines is 4. The van der Waals surface area contributed by atoms with Crippen molar-refractivity contribution < 1.29 is 33.3 Å². The Hall–Kier alpha value is -9.96. The molecule has 0 aliphatic carbocycles. The van der Waals surface area contributed by atoms with Crippen LogP contribution in [0.3, 0.4) is 0 Å². The lowest BCUT2D eigenvalue weighted by Gasteiger charge is -2.23. The van der Waals surface area contributed by atoms with E-state index in [-0.39, 0.29) is 23.9 Å². The van der Waals surface area contributed by atoms with Gasteiger partial charge in [-0.05, 0) is 116 Å². The van der Waals surface area contributed by atoms with Gasteiger partial charge in [-0.2, -0.15) is 20.7 Å². The van der Waals surface area contributed by atoms with Gasteiger partial charge in [-0.1, -0.05) is 12.1 Å². The van der Waals surface area contributed by atoms with Crippen molar-refractivity contribution in [1.29, 1.82) is 10.5 Å². The maximum absolute atomic E-state index is 12.8. The number of nitriles is 2. The lowest BCUT2D eigenvalue weighted by atomic mass is 10.1.